The van der Waals surface area contributed by atoms with Crippen molar-refractivity contribution in [2.45, 2.75) is 18.7 Å². The number of ether oxygens (including phenoxy) is 1. The molecule has 0 fully saturated rings. The Morgan fingerprint density at radius 3 is 2.71 bits per heavy atom. The Balaban J connectivity index is 2.60. The van der Waals surface area contributed by atoms with Crippen molar-refractivity contribution >= 4 is 0 Å². The van der Waals surface area contributed by atoms with Crippen LogP contribution in [0.2, 0.25) is 0 Å². The first kappa shape index (κ1) is 10.8. The summed E-state index contributed by atoms with van der Waals surface area (Å²) in [6.45, 7) is 0. The van der Waals surface area contributed by atoms with E-state index < -0.39 is 18.7 Å². The van der Waals surface area contributed by atoms with Crippen molar-refractivity contribution in [1.82, 2.24) is 5.16 Å². The predicted octanol–water partition coefficient (Wildman–Crippen LogP) is 1.15. The zero-order valence-electron chi connectivity index (χ0n) is 7.21. The molecule has 0 aliphatic heterocycles. The number of alkyl halides is 3. The van der Waals surface area contributed by atoms with Gasteiger partial charge in [-0.3, -0.25) is 0 Å². The van der Waals surface area contributed by atoms with Crippen molar-refractivity contribution in [2.24, 2.45) is 0 Å². The fraction of sp³-hybridized carbons (Fsp3) is 0.571. The summed E-state index contributed by atoms with van der Waals surface area (Å²) in [7, 11) is 1.31. The first-order valence-corrected chi connectivity index (χ1v) is 3.68. The fourth-order valence-electron chi connectivity index (χ4n) is 0.793. The number of aliphatic hydroxyl groups is 1. The molecule has 1 rings (SSSR count). The second-order valence-electron chi connectivity index (χ2n) is 2.60. The van der Waals surface area contributed by atoms with Gasteiger partial charge in [0.2, 0.25) is 0 Å². The van der Waals surface area contributed by atoms with Gasteiger partial charge in [0.1, 0.15) is 5.76 Å². The van der Waals surface area contributed by atoms with Gasteiger partial charge in [0.05, 0.1) is 7.11 Å². The van der Waals surface area contributed by atoms with Gasteiger partial charge >= 0.3 is 6.18 Å². The van der Waals surface area contributed by atoms with Gasteiger partial charge in [-0.1, -0.05) is 0 Å². The minimum atomic E-state index is -4.65. The third-order valence-corrected chi connectivity index (χ3v) is 1.52. The largest absolute Gasteiger partial charge is 0.479 e. The van der Waals surface area contributed by atoms with E-state index in [9.17, 15) is 13.2 Å². The van der Waals surface area contributed by atoms with E-state index in [0.29, 0.717) is 0 Å². The molecule has 0 aliphatic rings. The molecule has 0 saturated heterocycles. The van der Waals surface area contributed by atoms with Gasteiger partial charge in [-0.15, -0.1) is 0 Å². The van der Waals surface area contributed by atoms with E-state index in [1.807, 2.05) is 0 Å². The van der Waals surface area contributed by atoms with E-state index in [0.717, 1.165) is 0 Å². The minimum Gasteiger partial charge on any atom is -0.479 e. The molecular formula is C7H8F3NO3. The topological polar surface area (TPSA) is 55.5 Å². The molecule has 0 amide bonds. The molecule has 1 N–H and O–H groups in total. The van der Waals surface area contributed by atoms with E-state index in [-0.39, 0.29) is 11.6 Å². The van der Waals surface area contributed by atoms with Crippen molar-refractivity contribution < 1.29 is 27.5 Å². The molecule has 0 bridgehead atoms. The van der Waals surface area contributed by atoms with Crippen LogP contribution in [0.1, 0.15) is 5.76 Å². The van der Waals surface area contributed by atoms with Gasteiger partial charge in [0.15, 0.2) is 6.10 Å². The summed E-state index contributed by atoms with van der Waals surface area (Å²) in [4.78, 5) is 0. The van der Waals surface area contributed by atoms with E-state index in [2.05, 4.69) is 14.4 Å². The van der Waals surface area contributed by atoms with Gasteiger partial charge in [-0.25, -0.2) is 0 Å². The van der Waals surface area contributed by atoms with Crippen molar-refractivity contribution in [3.05, 3.63) is 11.8 Å². The van der Waals surface area contributed by atoms with Crippen LogP contribution < -0.4 is 4.74 Å². The van der Waals surface area contributed by atoms with E-state index in [4.69, 9.17) is 5.11 Å². The predicted molar refractivity (Wildman–Crippen MR) is 38.8 cm³/mol. The highest BCUT2D eigenvalue weighted by Crippen LogP contribution is 2.23. The molecule has 0 aliphatic carbocycles. The Kier molecular flexibility index (Phi) is 3.00. The lowest BCUT2D eigenvalue weighted by molar-refractivity contribution is -0.204. The zero-order valence-corrected chi connectivity index (χ0v) is 7.21. The highest BCUT2D eigenvalue weighted by Gasteiger charge is 2.38. The molecule has 1 heterocycles. The highest BCUT2D eigenvalue weighted by atomic mass is 19.4. The Morgan fingerprint density at radius 2 is 2.29 bits per heavy atom. The summed E-state index contributed by atoms with van der Waals surface area (Å²) in [5.41, 5.74) is 0. The van der Waals surface area contributed by atoms with E-state index in [1.54, 1.807) is 0 Å². The third-order valence-electron chi connectivity index (χ3n) is 1.52. The summed E-state index contributed by atoms with van der Waals surface area (Å²) in [6.07, 6.45) is -7.76. The molecule has 0 aromatic carbocycles. The molecule has 1 unspecified atom stereocenters. The van der Waals surface area contributed by atoms with Gasteiger partial charge in [-0.2, -0.15) is 13.2 Å². The van der Waals surface area contributed by atoms with Crippen LogP contribution in [0.3, 0.4) is 0 Å². The number of hydrogen-bond donors (Lipinski definition) is 1. The number of methoxy groups -OCH3 is 1. The van der Waals surface area contributed by atoms with Crippen molar-refractivity contribution in [3.8, 4) is 5.88 Å². The van der Waals surface area contributed by atoms with Crippen molar-refractivity contribution in [3.63, 3.8) is 0 Å². The summed E-state index contributed by atoms with van der Waals surface area (Å²) in [5.74, 6) is 0.000972. The van der Waals surface area contributed by atoms with Crippen LogP contribution in [-0.2, 0) is 6.42 Å². The maximum Gasteiger partial charge on any atom is 0.414 e. The Morgan fingerprint density at radius 1 is 1.64 bits per heavy atom. The second kappa shape index (κ2) is 3.87. The first-order chi connectivity index (χ1) is 6.43. The molecule has 80 valence electrons. The Bertz CT molecular complexity index is 297. The molecule has 0 saturated carbocycles. The Hall–Kier alpha value is -1.24. The second-order valence-corrected chi connectivity index (χ2v) is 2.60. The number of halogens is 3. The van der Waals surface area contributed by atoms with Gasteiger partial charge in [0, 0.05) is 12.5 Å². The summed E-state index contributed by atoms with van der Waals surface area (Å²) < 4.78 is 44.7. The number of nitrogens with zero attached hydrogens (tertiary/aromatic N) is 1. The van der Waals surface area contributed by atoms with Crippen LogP contribution in [-0.4, -0.2) is 29.7 Å². The lowest BCUT2D eigenvalue weighted by Crippen LogP contribution is -2.30. The molecular weight excluding hydrogens is 203 g/mol. The summed E-state index contributed by atoms with van der Waals surface area (Å²) >= 11 is 0. The number of aliphatic hydroxyl groups excluding tert-OH is 1. The number of aromatic nitrogens is 1. The average Bonchev–Trinajstić information content (AvgIpc) is 2.50. The van der Waals surface area contributed by atoms with Crippen LogP contribution in [0.5, 0.6) is 5.88 Å². The molecule has 1 aromatic rings. The quantitative estimate of drug-likeness (QED) is 0.814. The van der Waals surface area contributed by atoms with Crippen LogP contribution in [0.15, 0.2) is 10.6 Å². The first-order valence-electron chi connectivity index (χ1n) is 3.68. The summed E-state index contributed by atoms with van der Waals surface area (Å²) in [5, 5.41) is 12.0. The van der Waals surface area contributed by atoms with Crippen LogP contribution >= 0.6 is 0 Å². The van der Waals surface area contributed by atoms with Gasteiger partial charge in [0.25, 0.3) is 5.88 Å². The monoisotopic (exact) mass is 211 g/mol. The average molecular weight is 211 g/mol. The number of rotatable bonds is 3. The molecule has 7 heteroatoms. The highest BCUT2D eigenvalue weighted by molar-refractivity contribution is 5.11. The maximum atomic E-state index is 11.9. The molecule has 4 nitrogen and oxygen atoms in total. The lowest BCUT2D eigenvalue weighted by atomic mass is 10.2. The smallest absolute Gasteiger partial charge is 0.414 e. The minimum absolute atomic E-state index is 0.0772. The van der Waals surface area contributed by atoms with E-state index >= 15 is 0 Å². The standard InChI is InChI=1S/C7H8F3NO3/c1-13-6-3-4(14-11-6)2-5(12)7(8,9)10/h3,5,12H,2H2,1H3. The third kappa shape index (κ3) is 2.63. The molecule has 1 atom stereocenters. The van der Waals surface area contributed by atoms with Crippen LogP contribution in [0, 0.1) is 0 Å². The SMILES string of the molecule is COc1cc(CC(O)C(F)(F)F)on1. The summed E-state index contributed by atoms with van der Waals surface area (Å²) in [6, 6.07) is 1.19. The molecule has 0 radical (unpaired) electrons. The van der Waals surface area contributed by atoms with Crippen LogP contribution in [0.25, 0.3) is 0 Å². The molecule has 1 aromatic heterocycles. The molecule has 0 spiro atoms. The fourth-order valence-corrected chi connectivity index (χ4v) is 0.793. The van der Waals surface area contributed by atoms with Gasteiger partial charge in [-0.05, 0) is 5.16 Å². The van der Waals surface area contributed by atoms with E-state index in [1.165, 1.54) is 13.2 Å². The maximum absolute atomic E-state index is 11.9. The number of hydrogen-bond acceptors (Lipinski definition) is 4. The normalized spacial score (nSPS) is 14.1. The van der Waals surface area contributed by atoms with Gasteiger partial charge < -0.3 is 14.4 Å². The zero-order chi connectivity index (χ0) is 10.8. The Labute approximate surface area is 77.3 Å². The van der Waals surface area contributed by atoms with Crippen molar-refractivity contribution in [1.29, 1.82) is 0 Å². The molecule has 14 heavy (non-hydrogen) atoms. The lowest BCUT2D eigenvalue weighted by Gasteiger charge is -2.11. The van der Waals surface area contributed by atoms with Crippen molar-refractivity contribution in [2.75, 3.05) is 7.11 Å². The van der Waals surface area contributed by atoms with Crippen LogP contribution in [0.4, 0.5) is 13.2 Å².